The van der Waals surface area contributed by atoms with E-state index < -0.39 is 27.6 Å². The highest BCUT2D eigenvalue weighted by Crippen LogP contribution is 2.37. The summed E-state index contributed by atoms with van der Waals surface area (Å²) < 4.78 is 59.3. The lowest BCUT2D eigenvalue weighted by atomic mass is 10.0. The van der Waals surface area contributed by atoms with E-state index in [2.05, 4.69) is 9.97 Å². The first kappa shape index (κ1) is 21.9. The molecule has 9 heteroatoms. The van der Waals surface area contributed by atoms with Gasteiger partial charge in [0.1, 0.15) is 29.0 Å². The van der Waals surface area contributed by atoms with Gasteiger partial charge in [-0.25, -0.2) is 22.2 Å². The number of ether oxygens (including phenoxy) is 1. The third kappa shape index (κ3) is 3.74. The van der Waals surface area contributed by atoms with Crippen LogP contribution in [0.3, 0.4) is 0 Å². The van der Waals surface area contributed by atoms with Crippen LogP contribution in [0.5, 0.6) is 5.75 Å². The van der Waals surface area contributed by atoms with Crippen LogP contribution in [-0.4, -0.2) is 36.4 Å². The van der Waals surface area contributed by atoms with Crippen LogP contribution in [-0.2, 0) is 9.84 Å². The van der Waals surface area contributed by atoms with Gasteiger partial charge in [0, 0.05) is 11.6 Å². The van der Waals surface area contributed by atoms with E-state index in [1.807, 2.05) is 0 Å². The first-order chi connectivity index (χ1) is 15.3. The van der Waals surface area contributed by atoms with Crippen LogP contribution in [0.25, 0.3) is 22.2 Å². The van der Waals surface area contributed by atoms with Gasteiger partial charge in [-0.1, -0.05) is 37.3 Å². The molecule has 1 heterocycles. The van der Waals surface area contributed by atoms with Crippen molar-refractivity contribution in [3.05, 3.63) is 77.6 Å². The van der Waals surface area contributed by atoms with Gasteiger partial charge >= 0.3 is 0 Å². The summed E-state index contributed by atoms with van der Waals surface area (Å²) in [6.07, 6.45) is -1.29. The van der Waals surface area contributed by atoms with Crippen molar-refractivity contribution < 1.29 is 27.0 Å². The molecule has 0 fully saturated rings. The Hall–Kier alpha value is -3.30. The lowest BCUT2D eigenvalue weighted by Gasteiger charge is -2.10. The second kappa shape index (κ2) is 8.33. The summed E-state index contributed by atoms with van der Waals surface area (Å²) >= 11 is 0. The molecule has 4 aromatic rings. The Balaban J connectivity index is 1.77. The number of nitrogens with one attached hydrogen (secondary N) is 1. The Morgan fingerprint density at radius 2 is 1.81 bits per heavy atom. The van der Waals surface area contributed by atoms with Crippen molar-refractivity contribution in [1.29, 1.82) is 0 Å². The lowest BCUT2D eigenvalue weighted by molar-refractivity contribution is 0.211. The number of nitrogens with zero attached hydrogens (tertiary/aromatic N) is 1. The number of rotatable bonds is 6. The molecular weight excluding hydrogens is 438 g/mol. The number of methoxy groups -OCH3 is 1. The predicted octanol–water partition coefficient (Wildman–Crippen LogP) is 4.39. The van der Waals surface area contributed by atoms with Gasteiger partial charge in [0.2, 0.25) is 0 Å². The molecule has 1 unspecified atom stereocenters. The summed E-state index contributed by atoms with van der Waals surface area (Å²) in [4.78, 5) is 7.03. The highest BCUT2D eigenvalue weighted by molar-refractivity contribution is 7.91. The first-order valence-corrected chi connectivity index (χ1v) is 11.4. The minimum atomic E-state index is -3.38. The predicted molar refractivity (Wildman–Crippen MR) is 116 cm³/mol. The molecule has 166 valence electrons. The van der Waals surface area contributed by atoms with Gasteiger partial charge in [0.25, 0.3) is 0 Å². The topological polar surface area (TPSA) is 92.3 Å². The molecule has 4 rings (SSSR count). The van der Waals surface area contributed by atoms with Gasteiger partial charge in [0.15, 0.2) is 15.7 Å². The lowest BCUT2D eigenvalue weighted by Crippen LogP contribution is -2.05. The molecule has 0 bridgehead atoms. The van der Waals surface area contributed by atoms with Crippen LogP contribution < -0.4 is 4.74 Å². The number of fused-ring (bicyclic) bond motifs is 1. The summed E-state index contributed by atoms with van der Waals surface area (Å²) in [5, 5.41) is 10.7. The maximum absolute atomic E-state index is 15.3. The molecule has 0 spiro atoms. The van der Waals surface area contributed by atoms with Gasteiger partial charge in [-0.3, -0.25) is 0 Å². The van der Waals surface area contributed by atoms with Gasteiger partial charge in [0.05, 0.1) is 28.8 Å². The van der Waals surface area contributed by atoms with Crippen molar-refractivity contribution in [1.82, 2.24) is 9.97 Å². The molecule has 2 N–H and O–H groups in total. The third-order valence-electron chi connectivity index (χ3n) is 5.26. The zero-order valence-corrected chi connectivity index (χ0v) is 18.1. The van der Waals surface area contributed by atoms with Crippen LogP contribution in [0.2, 0.25) is 0 Å². The smallest absolute Gasteiger partial charge is 0.178 e. The SMILES string of the molecule is CCS(=O)(=O)c1ccc(C(O)c2nc3c(F)c(-c4ccccc4OC)c(F)cc3[nH]2)cc1. The summed E-state index contributed by atoms with van der Waals surface area (Å²) in [5.74, 6) is -1.43. The first-order valence-electron chi connectivity index (χ1n) is 9.78. The van der Waals surface area contributed by atoms with Crippen LogP contribution in [0.15, 0.2) is 59.5 Å². The number of imidazole rings is 1. The van der Waals surface area contributed by atoms with Crippen molar-refractivity contribution in [3.8, 4) is 16.9 Å². The molecule has 3 aromatic carbocycles. The maximum Gasteiger partial charge on any atom is 0.178 e. The van der Waals surface area contributed by atoms with Crippen LogP contribution in [0.4, 0.5) is 8.78 Å². The summed E-state index contributed by atoms with van der Waals surface area (Å²) in [6, 6.07) is 13.3. The van der Waals surface area contributed by atoms with Crippen molar-refractivity contribution in [2.45, 2.75) is 17.9 Å². The van der Waals surface area contributed by atoms with Crippen LogP contribution in [0, 0.1) is 11.6 Å². The molecule has 0 aliphatic rings. The Kier molecular flexibility index (Phi) is 5.70. The second-order valence-electron chi connectivity index (χ2n) is 7.14. The fourth-order valence-corrected chi connectivity index (χ4v) is 4.39. The summed E-state index contributed by atoms with van der Waals surface area (Å²) in [7, 11) is -1.97. The number of halogens is 2. The zero-order valence-electron chi connectivity index (χ0n) is 17.3. The maximum atomic E-state index is 15.3. The Morgan fingerprint density at radius 3 is 2.47 bits per heavy atom. The number of para-hydroxylation sites is 1. The molecule has 0 amide bonds. The monoisotopic (exact) mass is 458 g/mol. The number of H-pyrrole nitrogens is 1. The van der Waals surface area contributed by atoms with E-state index in [-0.39, 0.29) is 38.6 Å². The molecule has 0 saturated carbocycles. The minimum absolute atomic E-state index is 0.00146. The molecule has 0 aliphatic carbocycles. The molecule has 32 heavy (non-hydrogen) atoms. The molecule has 1 atom stereocenters. The standard InChI is InChI=1S/C23H20F2N2O4S/c1-3-32(29,30)14-10-8-13(9-11-14)22(28)23-26-17-12-16(24)19(20(25)21(17)27-23)15-6-4-5-7-18(15)31-2/h4-12,22,28H,3H2,1-2H3,(H,26,27). The number of aromatic amines is 1. The molecule has 0 aliphatic heterocycles. The number of aromatic nitrogens is 2. The van der Waals surface area contributed by atoms with Crippen molar-refractivity contribution >= 4 is 20.9 Å². The van der Waals surface area contributed by atoms with E-state index in [0.717, 1.165) is 6.07 Å². The molecule has 1 aromatic heterocycles. The van der Waals surface area contributed by atoms with E-state index >= 15 is 4.39 Å². The second-order valence-corrected chi connectivity index (χ2v) is 9.42. The minimum Gasteiger partial charge on any atom is -0.496 e. The normalized spacial score (nSPS) is 12.8. The zero-order chi connectivity index (χ0) is 23.0. The summed E-state index contributed by atoms with van der Waals surface area (Å²) in [5.41, 5.74) is 0.260. The van der Waals surface area contributed by atoms with Crippen molar-refractivity contribution in [3.63, 3.8) is 0 Å². The van der Waals surface area contributed by atoms with E-state index in [1.165, 1.54) is 31.4 Å². The number of aliphatic hydroxyl groups excluding tert-OH is 1. The van der Waals surface area contributed by atoms with Crippen molar-refractivity contribution in [2.75, 3.05) is 12.9 Å². The molecule has 0 radical (unpaired) electrons. The molecular formula is C23H20F2N2O4S. The Bertz CT molecular complexity index is 1400. The largest absolute Gasteiger partial charge is 0.496 e. The van der Waals surface area contributed by atoms with E-state index in [0.29, 0.717) is 11.3 Å². The number of sulfone groups is 1. The Labute approximate surface area is 183 Å². The quantitative estimate of drug-likeness (QED) is 0.447. The average Bonchev–Trinajstić information content (AvgIpc) is 3.23. The number of hydrogen-bond acceptors (Lipinski definition) is 5. The van der Waals surface area contributed by atoms with Crippen LogP contribution >= 0.6 is 0 Å². The Morgan fingerprint density at radius 1 is 1.12 bits per heavy atom. The van der Waals surface area contributed by atoms with E-state index in [1.54, 1.807) is 31.2 Å². The van der Waals surface area contributed by atoms with Crippen LogP contribution in [0.1, 0.15) is 24.4 Å². The average molecular weight is 458 g/mol. The van der Waals surface area contributed by atoms with Gasteiger partial charge in [-0.2, -0.15) is 0 Å². The summed E-state index contributed by atoms with van der Waals surface area (Å²) in [6.45, 7) is 1.54. The number of hydrogen-bond donors (Lipinski definition) is 2. The van der Waals surface area contributed by atoms with Gasteiger partial charge in [-0.15, -0.1) is 0 Å². The van der Waals surface area contributed by atoms with Gasteiger partial charge < -0.3 is 14.8 Å². The van der Waals surface area contributed by atoms with Gasteiger partial charge in [-0.05, 0) is 23.8 Å². The van der Waals surface area contributed by atoms with E-state index in [4.69, 9.17) is 4.74 Å². The highest BCUT2D eigenvalue weighted by Gasteiger charge is 2.23. The number of benzene rings is 3. The molecule has 0 saturated heterocycles. The van der Waals surface area contributed by atoms with Crippen molar-refractivity contribution in [2.24, 2.45) is 0 Å². The fraction of sp³-hybridized carbons (Fsp3) is 0.174. The van der Waals surface area contributed by atoms with E-state index in [9.17, 15) is 17.9 Å². The molecule has 6 nitrogen and oxygen atoms in total. The highest BCUT2D eigenvalue weighted by atomic mass is 32.2. The number of aliphatic hydroxyl groups is 1. The fourth-order valence-electron chi connectivity index (χ4n) is 3.51. The third-order valence-corrected chi connectivity index (χ3v) is 7.01.